The first-order valence-electron chi connectivity index (χ1n) is 9.14. The number of fused-ring (bicyclic) bond motifs is 1. The van der Waals surface area contributed by atoms with Crippen molar-refractivity contribution in [3.05, 3.63) is 47.8 Å². The molecule has 1 fully saturated rings. The van der Waals surface area contributed by atoms with Crippen LogP contribution in [0.25, 0.3) is 11.1 Å². The number of nitrogens with one attached hydrogen (secondary N) is 1. The fraction of sp³-hybridized carbons (Fsp3) is 0.381. The quantitative estimate of drug-likeness (QED) is 0.920. The van der Waals surface area contributed by atoms with Crippen molar-refractivity contribution in [3.63, 3.8) is 0 Å². The highest BCUT2D eigenvalue weighted by Crippen LogP contribution is 2.31. The molecule has 1 aromatic heterocycles. The third-order valence-electron chi connectivity index (χ3n) is 5.30. The first kappa shape index (κ1) is 16.6. The molecule has 0 spiro atoms. The Bertz CT molecular complexity index is 879. The maximum Gasteiger partial charge on any atom is 0.254 e. The van der Waals surface area contributed by atoms with E-state index in [1.165, 1.54) is 5.56 Å². The predicted octanol–water partition coefficient (Wildman–Crippen LogP) is 3.64. The Morgan fingerprint density at radius 3 is 2.81 bits per heavy atom. The summed E-state index contributed by atoms with van der Waals surface area (Å²) in [5.41, 5.74) is 2.84. The van der Waals surface area contributed by atoms with Crippen LogP contribution in [0.2, 0.25) is 0 Å². The maximum absolute atomic E-state index is 12.7. The van der Waals surface area contributed by atoms with Gasteiger partial charge in [-0.2, -0.15) is 5.26 Å². The Balaban J connectivity index is 1.57. The lowest BCUT2D eigenvalue weighted by molar-refractivity contribution is 0.0902. The highest BCUT2D eigenvalue weighted by molar-refractivity contribution is 5.95. The first-order valence-corrected chi connectivity index (χ1v) is 9.14. The number of benzene rings is 1. The van der Waals surface area contributed by atoms with E-state index in [0.717, 1.165) is 49.2 Å². The van der Waals surface area contributed by atoms with Gasteiger partial charge in [0.1, 0.15) is 11.3 Å². The van der Waals surface area contributed by atoms with Gasteiger partial charge in [-0.3, -0.25) is 9.78 Å². The number of aromatic nitrogens is 1. The topological polar surface area (TPSA) is 75.0 Å². The number of pyridine rings is 1. The number of ether oxygens (including phenoxy) is 1. The highest BCUT2D eigenvalue weighted by atomic mass is 16.5. The van der Waals surface area contributed by atoms with Gasteiger partial charge in [0, 0.05) is 24.4 Å². The van der Waals surface area contributed by atoms with E-state index in [1.807, 2.05) is 18.2 Å². The molecule has 0 saturated heterocycles. The molecular formula is C21H21N3O2. The van der Waals surface area contributed by atoms with Crippen molar-refractivity contribution in [1.82, 2.24) is 10.3 Å². The summed E-state index contributed by atoms with van der Waals surface area (Å²) in [6.45, 7) is 0.718. The fourth-order valence-electron chi connectivity index (χ4n) is 3.80. The molecule has 0 atom stereocenters. The van der Waals surface area contributed by atoms with Crippen LogP contribution in [-0.2, 0) is 6.42 Å². The minimum Gasteiger partial charge on any atom is -0.493 e. The molecule has 0 radical (unpaired) electrons. The van der Waals surface area contributed by atoms with Crippen LogP contribution in [0.4, 0.5) is 0 Å². The number of hydrogen-bond acceptors (Lipinski definition) is 4. The summed E-state index contributed by atoms with van der Waals surface area (Å²) >= 11 is 0. The number of nitrogens with zero attached hydrogens (tertiary/aromatic N) is 2. The van der Waals surface area contributed by atoms with E-state index in [9.17, 15) is 10.1 Å². The Morgan fingerprint density at radius 1 is 1.15 bits per heavy atom. The third-order valence-corrected chi connectivity index (χ3v) is 5.30. The predicted molar refractivity (Wildman–Crippen MR) is 97.8 cm³/mol. The van der Waals surface area contributed by atoms with Crippen LogP contribution in [0, 0.1) is 11.3 Å². The summed E-state index contributed by atoms with van der Waals surface area (Å²) in [7, 11) is 0. The van der Waals surface area contributed by atoms with Crippen molar-refractivity contribution in [2.45, 2.75) is 44.1 Å². The van der Waals surface area contributed by atoms with Crippen molar-refractivity contribution >= 4 is 5.91 Å². The molecular weight excluding hydrogens is 326 g/mol. The molecule has 4 rings (SSSR count). The molecule has 1 N–H and O–H groups in total. The molecule has 132 valence electrons. The van der Waals surface area contributed by atoms with Gasteiger partial charge in [-0.1, -0.05) is 25.3 Å². The standard InChI is InChI=1S/C21H21N3O2/c22-14-21(7-2-1-3-8-21)24-20(25)18-11-17(12-23-13-18)15-4-5-19-16(10-15)6-9-26-19/h4-5,10-13H,1-3,6-9H2,(H,24,25). The number of amides is 1. The molecule has 1 aliphatic carbocycles. The van der Waals surface area contributed by atoms with Gasteiger partial charge >= 0.3 is 0 Å². The van der Waals surface area contributed by atoms with E-state index in [2.05, 4.69) is 22.4 Å². The van der Waals surface area contributed by atoms with E-state index in [-0.39, 0.29) is 5.91 Å². The van der Waals surface area contributed by atoms with Crippen LogP contribution in [0.15, 0.2) is 36.7 Å². The first-order chi connectivity index (χ1) is 12.7. The monoisotopic (exact) mass is 347 g/mol. The molecule has 2 aromatic rings. The van der Waals surface area contributed by atoms with Gasteiger partial charge in [-0.05, 0) is 42.2 Å². The summed E-state index contributed by atoms with van der Waals surface area (Å²) in [5.74, 6) is 0.705. The van der Waals surface area contributed by atoms with Crippen molar-refractivity contribution < 1.29 is 9.53 Å². The lowest BCUT2D eigenvalue weighted by atomic mass is 9.82. The van der Waals surface area contributed by atoms with E-state index in [4.69, 9.17) is 4.74 Å². The summed E-state index contributed by atoms with van der Waals surface area (Å²) in [6, 6.07) is 10.2. The van der Waals surface area contributed by atoms with Crippen molar-refractivity contribution in [3.8, 4) is 22.9 Å². The zero-order valence-electron chi connectivity index (χ0n) is 14.6. The summed E-state index contributed by atoms with van der Waals surface area (Å²) < 4.78 is 5.55. The second kappa shape index (κ2) is 6.80. The summed E-state index contributed by atoms with van der Waals surface area (Å²) in [6.07, 6.45) is 8.73. The molecule has 1 aromatic carbocycles. The minimum atomic E-state index is -0.740. The number of carbonyl (C=O) groups is 1. The zero-order valence-corrected chi connectivity index (χ0v) is 14.6. The van der Waals surface area contributed by atoms with Gasteiger partial charge in [0.25, 0.3) is 5.91 Å². The van der Waals surface area contributed by atoms with Gasteiger partial charge in [0.15, 0.2) is 0 Å². The van der Waals surface area contributed by atoms with Gasteiger partial charge in [-0.25, -0.2) is 0 Å². The Kier molecular flexibility index (Phi) is 4.34. The number of rotatable bonds is 3. The van der Waals surface area contributed by atoms with Crippen LogP contribution in [0.1, 0.15) is 48.0 Å². The number of carbonyl (C=O) groups excluding carboxylic acids is 1. The molecule has 0 unspecified atom stereocenters. The summed E-state index contributed by atoms with van der Waals surface area (Å²) in [4.78, 5) is 17.0. The lowest BCUT2D eigenvalue weighted by Gasteiger charge is -2.31. The van der Waals surface area contributed by atoms with E-state index in [0.29, 0.717) is 18.4 Å². The molecule has 1 saturated carbocycles. The second-order valence-corrected chi connectivity index (χ2v) is 7.09. The van der Waals surface area contributed by atoms with E-state index in [1.54, 1.807) is 12.4 Å². The van der Waals surface area contributed by atoms with Crippen molar-refractivity contribution in [1.29, 1.82) is 5.26 Å². The molecule has 0 bridgehead atoms. The largest absolute Gasteiger partial charge is 0.493 e. The Morgan fingerprint density at radius 2 is 2.00 bits per heavy atom. The second-order valence-electron chi connectivity index (χ2n) is 7.09. The summed E-state index contributed by atoms with van der Waals surface area (Å²) in [5, 5.41) is 12.5. The van der Waals surface area contributed by atoms with E-state index < -0.39 is 5.54 Å². The van der Waals surface area contributed by atoms with Gasteiger partial charge < -0.3 is 10.1 Å². The molecule has 26 heavy (non-hydrogen) atoms. The molecule has 2 heterocycles. The molecule has 2 aliphatic rings. The van der Waals surface area contributed by atoms with Crippen molar-refractivity contribution in [2.24, 2.45) is 0 Å². The van der Waals surface area contributed by atoms with Gasteiger partial charge in [0.05, 0.1) is 18.2 Å². The fourth-order valence-corrected chi connectivity index (χ4v) is 3.80. The van der Waals surface area contributed by atoms with E-state index >= 15 is 0 Å². The maximum atomic E-state index is 12.7. The van der Waals surface area contributed by atoms with Crippen molar-refractivity contribution in [2.75, 3.05) is 6.61 Å². The van der Waals surface area contributed by atoms with Gasteiger partial charge in [-0.15, -0.1) is 0 Å². The number of nitriles is 1. The average Bonchev–Trinajstić information content (AvgIpc) is 3.16. The Hall–Kier alpha value is -2.87. The normalized spacial score (nSPS) is 17.7. The van der Waals surface area contributed by atoms with Crippen LogP contribution in [0.3, 0.4) is 0 Å². The molecule has 1 amide bonds. The SMILES string of the molecule is N#CC1(NC(=O)c2cncc(-c3ccc4c(c3)CCO4)c2)CCCCC1. The third kappa shape index (κ3) is 3.15. The van der Waals surface area contributed by atoms with Crippen LogP contribution in [-0.4, -0.2) is 23.0 Å². The highest BCUT2D eigenvalue weighted by Gasteiger charge is 2.33. The minimum absolute atomic E-state index is 0.229. The molecule has 5 nitrogen and oxygen atoms in total. The molecule has 5 heteroatoms. The lowest BCUT2D eigenvalue weighted by Crippen LogP contribution is -2.48. The van der Waals surface area contributed by atoms with Crippen LogP contribution in [0.5, 0.6) is 5.75 Å². The van der Waals surface area contributed by atoms with Crippen LogP contribution >= 0.6 is 0 Å². The average molecular weight is 347 g/mol. The smallest absolute Gasteiger partial charge is 0.254 e. The van der Waals surface area contributed by atoms with Gasteiger partial charge in [0.2, 0.25) is 0 Å². The van der Waals surface area contributed by atoms with Crippen LogP contribution < -0.4 is 10.1 Å². The Labute approximate surface area is 153 Å². The zero-order chi connectivity index (χ0) is 18.0. The molecule has 1 aliphatic heterocycles. The number of hydrogen-bond donors (Lipinski definition) is 1.